The molecule has 1 amide bonds. The minimum atomic E-state index is -0.819. The number of aromatic nitrogens is 3. The van der Waals surface area contributed by atoms with Crippen LogP contribution in [0.2, 0.25) is 0 Å². The highest BCUT2D eigenvalue weighted by molar-refractivity contribution is 5.98. The molecule has 0 saturated carbocycles. The van der Waals surface area contributed by atoms with Gasteiger partial charge >= 0.3 is 5.69 Å². The van der Waals surface area contributed by atoms with Crippen molar-refractivity contribution >= 4 is 5.91 Å². The topological polar surface area (TPSA) is 147 Å². The number of carbonyl (C=O) groups excluding carboxylic acids is 1. The van der Waals surface area contributed by atoms with Crippen LogP contribution < -0.4 is 11.4 Å². The third-order valence-electron chi connectivity index (χ3n) is 5.50. The maximum atomic E-state index is 14.5. The van der Waals surface area contributed by atoms with Crippen LogP contribution in [0.25, 0.3) is 17.1 Å². The number of carbonyl (C=O) groups is 1. The van der Waals surface area contributed by atoms with Crippen LogP contribution in [0.4, 0.5) is 4.39 Å². The van der Waals surface area contributed by atoms with Crippen LogP contribution in [0.1, 0.15) is 22.1 Å². The third-order valence-corrected chi connectivity index (χ3v) is 5.50. The third kappa shape index (κ3) is 4.69. The van der Waals surface area contributed by atoms with Crippen molar-refractivity contribution in [1.29, 1.82) is 0 Å². The molecule has 1 unspecified atom stereocenters. The van der Waals surface area contributed by atoms with Gasteiger partial charge in [0, 0.05) is 25.2 Å². The Morgan fingerprint density at radius 2 is 1.83 bits per heavy atom. The number of nitrogens with zero attached hydrogens (tertiary/aromatic N) is 3. The highest BCUT2D eigenvalue weighted by Crippen LogP contribution is 2.36. The number of nitrogens with two attached hydrogens (primary N) is 1. The number of amides is 1. The molecule has 1 atom stereocenters. The van der Waals surface area contributed by atoms with Crippen molar-refractivity contribution in [2.24, 2.45) is 5.73 Å². The maximum absolute atomic E-state index is 14.5. The molecule has 0 fully saturated rings. The molecular formula is C25H24FN5O5. The van der Waals surface area contributed by atoms with Gasteiger partial charge in [-0.1, -0.05) is 42.5 Å². The average Bonchev–Trinajstić information content (AvgIpc) is 3.25. The Hall–Kier alpha value is -4.48. The lowest BCUT2D eigenvalue weighted by Gasteiger charge is -2.29. The minimum absolute atomic E-state index is 0.0784. The van der Waals surface area contributed by atoms with E-state index in [9.17, 15) is 24.2 Å². The van der Waals surface area contributed by atoms with E-state index in [0.717, 1.165) is 10.6 Å². The first kappa shape index (κ1) is 24.6. The Bertz CT molecular complexity index is 1440. The van der Waals surface area contributed by atoms with Gasteiger partial charge in [0.1, 0.15) is 17.3 Å². The van der Waals surface area contributed by atoms with E-state index >= 15 is 0 Å². The van der Waals surface area contributed by atoms with Crippen molar-refractivity contribution < 1.29 is 24.1 Å². The highest BCUT2D eigenvalue weighted by atomic mass is 19.1. The predicted molar refractivity (Wildman–Crippen MR) is 129 cm³/mol. The van der Waals surface area contributed by atoms with Gasteiger partial charge in [0.25, 0.3) is 5.91 Å². The van der Waals surface area contributed by atoms with Gasteiger partial charge in [0.15, 0.2) is 12.1 Å². The average molecular weight is 493 g/mol. The molecule has 4 rings (SSSR count). The van der Waals surface area contributed by atoms with E-state index in [1.54, 1.807) is 24.3 Å². The summed E-state index contributed by atoms with van der Waals surface area (Å²) in [6.07, 6.45) is -0.819. The lowest BCUT2D eigenvalue weighted by Crippen LogP contribution is -2.34. The Morgan fingerprint density at radius 3 is 2.53 bits per heavy atom. The lowest BCUT2D eigenvalue weighted by molar-refractivity contribution is -0.0349. The summed E-state index contributed by atoms with van der Waals surface area (Å²) in [4.78, 5) is 27.2. The maximum Gasteiger partial charge on any atom is 0.348 e. The van der Waals surface area contributed by atoms with Gasteiger partial charge in [-0.2, -0.15) is 5.10 Å². The molecule has 4 aromatic rings. The van der Waals surface area contributed by atoms with Crippen LogP contribution in [0.3, 0.4) is 0 Å². The SMILES string of the molecule is CN(C(=O)c1cc(-c2n[nH]c(=O)n2-c2ccccc2F)c(O)cc1O)C(OCCN)c1ccccc1. The fourth-order valence-electron chi connectivity index (χ4n) is 3.79. The summed E-state index contributed by atoms with van der Waals surface area (Å²) in [5, 5.41) is 27.2. The van der Waals surface area contributed by atoms with Gasteiger partial charge in [0.2, 0.25) is 0 Å². The van der Waals surface area contributed by atoms with Crippen molar-refractivity contribution in [3.8, 4) is 28.6 Å². The smallest absolute Gasteiger partial charge is 0.348 e. The van der Waals surface area contributed by atoms with Gasteiger partial charge in [-0.15, -0.1) is 0 Å². The Balaban J connectivity index is 1.78. The van der Waals surface area contributed by atoms with E-state index in [0.29, 0.717) is 5.56 Å². The number of hydrogen-bond acceptors (Lipinski definition) is 7. The molecule has 0 saturated heterocycles. The van der Waals surface area contributed by atoms with E-state index < -0.39 is 35.1 Å². The molecule has 11 heteroatoms. The quantitative estimate of drug-likeness (QED) is 0.276. The van der Waals surface area contributed by atoms with E-state index in [1.165, 1.54) is 42.3 Å². The molecule has 0 aliphatic carbocycles. The summed E-state index contributed by atoms with van der Waals surface area (Å²) in [5.41, 5.74) is 5.12. The second-order valence-electron chi connectivity index (χ2n) is 7.86. The number of nitrogens with one attached hydrogen (secondary N) is 1. The molecule has 186 valence electrons. The molecular weight excluding hydrogens is 469 g/mol. The van der Waals surface area contributed by atoms with Gasteiger partial charge in [-0.05, 0) is 18.2 Å². The summed E-state index contributed by atoms with van der Waals surface area (Å²) >= 11 is 0. The van der Waals surface area contributed by atoms with Crippen molar-refractivity contribution in [2.45, 2.75) is 6.23 Å². The number of rotatable bonds is 8. The van der Waals surface area contributed by atoms with E-state index in [-0.39, 0.29) is 35.8 Å². The van der Waals surface area contributed by atoms with Crippen LogP contribution in [0.15, 0.2) is 71.5 Å². The second kappa shape index (κ2) is 10.4. The fraction of sp³-hybridized carbons (Fsp3) is 0.160. The van der Waals surface area contributed by atoms with Crippen LogP contribution in [0, 0.1) is 5.82 Å². The summed E-state index contributed by atoms with van der Waals surface area (Å²) in [6.45, 7) is 0.402. The van der Waals surface area contributed by atoms with Crippen molar-refractivity contribution in [1.82, 2.24) is 19.7 Å². The first-order chi connectivity index (χ1) is 17.3. The molecule has 10 nitrogen and oxygen atoms in total. The number of aromatic amines is 1. The highest BCUT2D eigenvalue weighted by Gasteiger charge is 2.28. The van der Waals surface area contributed by atoms with Crippen LogP contribution in [-0.4, -0.2) is 56.0 Å². The van der Waals surface area contributed by atoms with Crippen molar-refractivity contribution in [2.75, 3.05) is 20.2 Å². The number of benzene rings is 3. The number of aromatic hydroxyl groups is 2. The lowest BCUT2D eigenvalue weighted by atomic mass is 10.1. The Morgan fingerprint density at radius 1 is 1.14 bits per heavy atom. The molecule has 1 aromatic heterocycles. The molecule has 0 aliphatic heterocycles. The number of H-pyrrole nitrogens is 1. The molecule has 36 heavy (non-hydrogen) atoms. The summed E-state index contributed by atoms with van der Waals surface area (Å²) in [7, 11) is 1.49. The number of phenols is 2. The first-order valence-electron chi connectivity index (χ1n) is 11.0. The van der Waals surface area contributed by atoms with Crippen LogP contribution >= 0.6 is 0 Å². The summed E-state index contributed by atoms with van der Waals surface area (Å²) in [6, 6.07) is 16.6. The normalized spacial score (nSPS) is 11.9. The zero-order chi connectivity index (χ0) is 25.8. The van der Waals surface area contributed by atoms with Crippen LogP contribution in [-0.2, 0) is 4.74 Å². The second-order valence-corrected chi connectivity index (χ2v) is 7.86. The van der Waals surface area contributed by atoms with Crippen LogP contribution in [0.5, 0.6) is 11.5 Å². The number of phenolic OH excluding ortho intramolecular Hbond substituents is 2. The standard InChI is InChI=1S/C25H24FN5O5/c1-30(24(36-12-11-27)15-7-3-2-4-8-15)23(34)17-13-16(20(32)14-21(17)33)22-28-29-25(35)31(22)19-10-6-5-9-18(19)26/h2-10,13-14,24,32-33H,11-12,27H2,1H3,(H,29,35). The van der Waals surface area contributed by atoms with E-state index in [2.05, 4.69) is 10.2 Å². The minimum Gasteiger partial charge on any atom is -0.507 e. The molecule has 0 radical (unpaired) electrons. The number of para-hydroxylation sites is 1. The van der Waals surface area contributed by atoms with Gasteiger partial charge in [0.05, 0.1) is 23.4 Å². The fourth-order valence-corrected chi connectivity index (χ4v) is 3.79. The molecule has 5 N–H and O–H groups in total. The molecule has 0 spiro atoms. The monoisotopic (exact) mass is 493 g/mol. The number of halogens is 1. The first-order valence-corrected chi connectivity index (χ1v) is 11.0. The largest absolute Gasteiger partial charge is 0.507 e. The van der Waals surface area contributed by atoms with E-state index in [4.69, 9.17) is 10.5 Å². The molecule has 1 heterocycles. The summed E-state index contributed by atoms with van der Waals surface area (Å²) < 4.78 is 21.2. The molecule has 0 bridgehead atoms. The van der Waals surface area contributed by atoms with Crippen molar-refractivity contribution in [3.63, 3.8) is 0 Å². The predicted octanol–water partition coefficient (Wildman–Crippen LogP) is 2.52. The number of hydrogen-bond donors (Lipinski definition) is 4. The zero-order valence-corrected chi connectivity index (χ0v) is 19.3. The zero-order valence-electron chi connectivity index (χ0n) is 19.3. The van der Waals surface area contributed by atoms with Gasteiger partial charge < -0.3 is 25.6 Å². The summed E-state index contributed by atoms with van der Waals surface area (Å²) in [5.74, 6) is -2.47. The number of ether oxygens (including phenoxy) is 1. The van der Waals surface area contributed by atoms with E-state index in [1.807, 2.05) is 6.07 Å². The van der Waals surface area contributed by atoms with Crippen molar-refractivity contribution in [3.05, 3.63) is 94.2 Å². The molecule has 0 aliphatic rings. The Labute approximate surface area is 205 Å². The molecule has 3 aromatic carbocycles. The van der Waals surface area contributed by atoms with Gasteiger partial charge in [-0.25, -0.2) is 18.9 Å². The Kier molecular flexibility index (Phi) is 7.13. The van der Waals surface area contributed by atoms with Gasteiger partial charge in [-0.3, -0.25) is 4.79 Å².